The van der Waals surface area contributed by atoms with E-state index in [4.69, 9.17) is 4.74 Å². The van der Waals surface area contributed by atoms with Crippen molar-refractivity contribution >= 4 is 22.8 Å². The second-order valence-corrected chi connectivity index (χ2v) is 7.18. The Labute approximate surface area is 157 Å². The zero-order chi connectivity index (χ0) is 19.0. The SMILES string of the molecule is C=Cc1ccc(-c2nnc(NC3CC(C)(OC)C3)c3ncccc23)c(O)c1. The minimum atomic E-state index is -0.0764. The smallest absolute Gasteiger partial charge is 0.175 e. The van der Waals surface area contributed by atoms with E-state index in [2.05, 4.69) is 34.0 Å². The van der Waals surface area contributed by atoms with E-state index < -0.39 is 0 Å². The molecule has 0 amide bonds. The summed E-state index contributed by atoms with van der Waals surface area (Å²) in [5.41, 5.74) is 2.73. The van der Waals surface area contributed by atoms with Crippen LogP contribution in [0.4, 0.5) is 5.82 Å². The van der Waals surface area contributed by atoms with Crippen molar-refractivity contribution in [3.05, 3.63) is 48.7 Å². The standard InChI is InChI=1S/C21H22N4O2/c1-4-13-7-8-15(17(26)10-13)18-16-6-5-9-22-19(16)20(25-24-18)23-14-11-21(2,12-14)27-3/h4-10,14,26H,1,11-12H2,2-3H3,(H,23,25). The predicted molar refractivity (Wildman–Crippen MR) is 107 cm³/mol. The van der Waals surface area contributed by atoms with Crippen LogP contribution in [0.15, 0.2) is 43.1 Å². The van der Waals surface area contributed by atoms with Gasteiger partial charge in [0, 0.05) is 30.3 Å². The van der Waals surface area contributed by atoms with E-state index in [1.165, 1.54) is 0 Å². The first-order valence-electron chi connectivity index (χ1n) is 8.92. The van der Waals surface area contributed by atoms with Crippen LogP contribution in [0.5, 0.6) is 5.75 Å². The van der Waals surface area contributed by atoms with Crippen molar-refractivity contribution in [2.45, 2.75) is 31.4 Å². The Kier molecular flexibility index (Phi) is 4.28. The van der Waals surface area contributed by atoms with Crippen molar-refractivity contribution in [1.29, 1.82) is 0 Å². The summed E-state index contributed by atoms with van der Waals surface area (Å²) in [5, 5.41) is 23.4. The van der Waals surface area contributed by atoms with Crippen LogP contribution in [0, 0.1) is 0 Å². The molecule has 1 aliphatic carbocycles. The Morgan fingerprint density at radius 1 is 1.30 bits per heavy atom. The Bertz CT molecular complexity index is 1010. The van der Waals surface area contributed by atoms with Crippen LogP contribution in [-0.2, 0) is 4.74 Å². The molecule has 4 rings (SSSR count). The predicted octanol–water partition coefficient (Wildman–Crippen LogP) is 4.02. The lowest BCUT2D eigenvalue weighted by molar-refractivity contribution is -0.0625. The van der Waals surface area contributed by atoms with E-state index in [1.807, 2.05) is 24.3 Å². The van der Waals surface area contributed by atoms with Gasteiger partial charge in [0.15, 0.2) is 5.82 Å². The van der Waals surface area contributed by atoms with Gasteiger partial charge in [-0.15, -0.1) is 10.2 Å². The Morgan fingerprint density at radius 3 is 2.81 bits per heavy atom. The summed E-state index contributed by atoms with van der Waals surface area (Å²) in [6.45, 7) is 5.83. The van der Waals surface area contributed by atoms with Crippen LogP contribution < -0.4 is 5.32 Å². The first-order chi connectivity index (χ1) is 13.0. The minimum Gasteiger partial charge on any atom is -0.507 e. The van der Waals surface area contributed by atoms with Gasteiger partial charge in [0.25, 0.3) is 0 Å². The lowest BCUT2D eigenvalue weighted by Gasteiger charge is -2.44. The Balaban J connectivity index is 1.72. The lowest BCUT2D eigenvalue weighted by Crippen LogP contribution is -2.49. The third-order valence-electron chi connectivity index (χ3n) is 5.24. The van der Waals surface area contributed by atoms with Gasteiger partial charge in [-0.25, -0.2) is 0 Å². The van der Waals surface area contributed by atoms with Crippen LogP contribution in [0.3, 0.4) is 0 Å². The van der Waals surface area contributed by atoms with E-state index >= 15 is 0 Å². The number of pyridine rings is 1. The van der Waals surface area contributed by atoms with Gasteiger partial charge >= 0.3 is 0 Å². The fraction of sp³-hybridized carbons (Fsp3) is 0.286. The number of benzene rings is 1. The second kappa shape index (κ2) is 6.63. The molecule has 2 aromatic heterocycles. The molecule has 27 heavy (non-hydrogen) atoms. The van der Waals surface area contributed by atoms with Crippen LogP contribution in [-0.4, -0.2) is 39.0 Å². The maximum absolute atomic E-state index is 10.4. The summed E-state index contributed by atoms with van der Waals surface area (Å²) in [7, 11) is 1.74. The number of methoxy groups -OCH3 is 1. The van der Waals surface area contributed by atoms with Gasteiger partial charge in [-0.1, -0.05) is 18.7 Å². The number of ether oxygens (including phenoxy) is 1. The van der Waals surface area contributed by atoms with Gasteiger partial charge in [-0.2, -0.15) is 0 Å². The molecule has 1 aliphatic rings. The third kappa shape index (κ3) is 3.13. The number of phenolic OH excluding ortho intramolecular Hbond substituents is 1. The third-order valence-corrected chi connectivity index (χ3v) is 5.24. The molecule has 2 heterocycles. The number of fused-ring (bicyclic) bond motifs is 1. The number of nitrogens with zero attached hydrogens (tertiary/aromatic N) is 3. The molecule has 1 aromatic carbocycles. The second-order valence-electron chi connectivity index (χ2n) is 7.18. The molecule has 0 unspecified atom stereocenters. The van der Waals surface area contributed by atoms with Crippen molar-refractivity contribution in [2.75, 3.05) is 12.4 Å². The maximum Gasteiger partial charge on any atom is 0.175 e. The summed E-state index contributed by atoms with van der Waals surface area (Å²) in [4.78, 5) is 4.50. The van der Waals surface area contributed by atoms with Gasteiger partial charge in [-0.3, -0.25) is 4.98 Å². The number of aromatic nitrogens is 3. The van der Waals surface area contributed by atoms with Gasteiger partial charge in [0.05, 0.1) is 5.60 Å². The molecule has 0 aliphatic heterocycles. The normalized spacial score (nSPS) is 21.6. The highest BCUT2D eigenvalue weighted by atomic mass is 16.5. The topological polar surface area (TPSA) is 80.2 Å². The van der Waals surface area contributed by atoms with Gasteiger partial charge in [-0.05, 0) is 49.6 Å². The fourth-order valence-corrected chi connectivity index (χ4v) is 3.60. The number of nitrogens with one attached hydrogen (secondary N) is 1. The molecule has 0 radical (unpaired) electrons. The molecular weight excluding hydrogens is 340 g/mol. The molecule has 0 saturated heterocycles. The van der Waals surface area contributed by atoms with E-state index in [0.717, 1.165) is 29.3 Å². The van der Waals surface area contributed by atoms with E-state index in [9.17, 15) is 5.11 Å². The van der Waals surface area contributed by atoms with Crippen molar-refractivity contribution in [1.82, 2.24) is 15.2 Å². The molecule has 138 valence electrons. The average Bonchev–Trinajstić information content (AvgIpc) is 2.67. The highest BCUT2D eigenvalue weighted by molar-refractivity contribution is 5.98. The zero-order valence-corrected chi connectivity index (χ0v) is 15.4. The number of anilines is 1. The van der Waals surface area contributed by atoms with Crippen molar-refractivity contribution < 1.29 is 9.84 Å². The summed E-state index contributed by atoms with van der Waals surface area (Å²) in [6.07, 6.45) is 5.24. The quantitative estimate of drug-likeness (QED) is 0.714. The van der Waals surface area contributed by atoms with Gasteiger partial charge in [0.2, 0.25) is 0 Å². The monoisotopic (exact) mass is 362 g/mol. The molecule has 3 aromatic rings. The van der Waals surface area contributed by atoms with E-state index in [0.29, 0.717) is 17.1 Å². The highest BCUT2D eigenvalue weighted by Crippen LogP contribution is 2.38. The molecule has 2 N–H and O–H groups in total. The van der Waals surface area contributed by atoms with Crippen LogP contribution in [0.2, 0.25) is 0 Å². The number of hydrogen-bond donors (Lipinski definition) is 2. The largest absolute Gasteiger partial charge is 0.507 e. The zero-order valence-electron chi connectivity index (χ0n) is 15.4. The molecule has 1 saturated carbocycles. The average molecular weight is 362 g/mol. The van der Waals surface area contributed by atoms with Crippen LogP contribution in [0.1, 0.15) is 25.3 Å². The Morgan fingerprint density at radius 2 is 2.11 bits per heavy atom. The fourth-order valence-electron chi connectivity index (χ4n) is 3.60. The molecule has 6 nitrogen and oxygen atoms in total. The van der Waals surface area contributed by atoms with Crippen molar-refractivity contribution in [3.8, 4) is 17.0 Å². The summed E-state index contributed by atoms with van der Waals surface area (Å²) < 4.78 is 5.51. The summed E-state index contributed by atoms with van der Waals surface area (Å²) in [5.74, 6) is 0.794. The maximum atomic E-state index is 10.4. The van der Waals surface area contributed by atoms with E-state index in [1.54, 1.807) is 25.4 Å². The lowest BCUT2D eigenvalue weighted by atomic mass is 9.77. The summed E-state index contributed by atoms with van der Waals surface area (Å²) >= 11 is 0. The van der Waals surface area contributed by atoms with E-state index in [-0.39, 0.29) is 17.4 Å². The molecular formula is C21H22N4O2. The molecule has 0 atom stereocenters. The first-order valence-corrected chi connectivity index (χ1v) is 8.92. The molecule has 1 fully saturated rings. The van der Waals surface area contributed by atoms with Crippen LogP contribution >= 0.6 is 0 Å². The number of phenols is 1. The van der Waals surface area contributed by atoms with Crippen LogP contribution in [0.25, 0.3) is 28.2 Å². The van der Waals surface area contributed by atoms with Gasteiger partial charge < -0.3 is 15.2 Å². The molecule has 0 spiro atoms. The minimum absolute atomic E-state index is 0.0764. The first kappa shape index (κ1) is 17.4. The molecule has 6 heteroatoms. The van der Waals surface area contributed by atoms with Crippen molar-refractivity contribution in [2.24, 2.45) is 0 Å². The number of rotatable bonds is 5. The molecule has 0 bridgehead atoms. The van der Waals surface area contributed by atoms with Crippen molar-refractivity contribution in [3.63, 3.8) is 0 Å². The Hall–Kier alpha value is -2.99. The summed E-state index contributed by atoms with van der Waals surface area (Å²) in [6, 6.07) is 9.46. The highest BCUT2D eigenvalue weighted by Gasteiger charge is 2.40. The van der Waals surface area contributed by atoms with Gasteiger partial charge in [0.1, 0.15) is 17.0 Å². The number of hydrogen-bond acceptors (Lipinski definition) is 6. The number of aromatic hydroxyl groups is 1.